The zero-order valence-electron chi connectivity index (χ0n) is 12.4. The maximum atomic E-state index is 13.3. The molecule has 1 aromatic carbocycles. The minimum absolute atomic E-state index is 0.226. The molecule has 1 aromatic rings. The molecule has 0 spiro atoms. The lowest BCUT2D eigenvalue weighted by atomic mass is 9.93. The minimum atomic E-state index is -0.226. The Bertz CT molecular complexity index is 539. The van der Waals surface area contributed by atoms with Crippen LogP contribution in [0.15, 0.2) is 24.3 Å². The smallest absolute Gasteiger partial charge is 0.233 e. The first-order chi connectivity index (χ1) is 10.2. The molecule has 0 aliphatic heterocycles. The number of nitrogens with zero attached hydrogens (tertiary/aromatic N) is 1. The van der Waals surface area contributed by atoms with E-state index in [0.29, 0.717) is 18.0 Å². The first kappa shape index (κ1) is 13.6. The molecular formula is C18H22ClNO. The summed E-state index contributed by atoms with van der Waals surface area (Å²) in [6, 6.07) is 8.97. The summed E-state index contributed by atoms with van der Waals surface area (Å²) in [5.41, 5.74) is 0.941. The third-order valence-electron chi connectivity index (χ3n) is 5.45. The van der Waals surface area contributed by atoms with Crippen molar-refractivity contribution in [2.24, 2.45) is 0 Å². The Morgan fingerprint density at radius 1 is 1.00 bits per heavy atom. The molecule has 21 heavy (non-hydrogen) atoms. The molecule has 0 atom stereocenters. The SMILES string of the molecule is O=C(N(C1CCCC1)C1CC1)C1(c2ccc(Cl)cc2)CC1. The molecule has 2 nitrogen and oxygen atoms in total. The Kier molecular flexibility index (Phi) is 3.25. The number of hydrogen-bond acceptors (Lipinski definition) is 1. The van der Waals surface area contributed by atoms with Crippen molar-refractivity contribution in [2.45, 2.75) is 68.9 Å². The lowest BCUT2D eigenvalue weighted by molar-refractivity contribution is -0.137. The van der Waals surface area contributed by atoms with Gasteiger partial charge in [0.25, 0.3) is 0 Å². The fraction of sp³-hybridized carbons (Fsp3) is 0.611. The van der Waals surface area contributed by atoms with Crippen LogP contribution in [0.1, 0.15) is 56.9 Å². The molecule has 1 amide bonds. The molecule has 3 fully saturated rings. The molecule has 3 aliphatic carbocycles. The van der Waals surface area contributed by atoms with E-state index >= 15 is 0 Å². The second kappa shape index (κ2) is 5.01. The number of amides is 1. The van der Waals surface area contributed by atoms with Crippen LogP contribution in [-0.4, -0.2) is 22.9 Å². The summed E-state index contributed by atoms with van der Waals surface area (Å²) in [5, 5.41) is 0.747. The van der Waals surface area contributed by atoms with Crippen LogP contribution in [0.4, 0.5) is 0 Å². The van der Waals surface area contributed by atoms with E-state index in [2.05, 4.69) is 4.90 Å². The summed E-state index contributed by atoms with van der Waals surface area (Å²) in [4.78, 5) is 15.6. The fourth-order valence-corrected chi connectivity index (χ4v) is 4.06. The quantitative estimate of drug-likeness (QED) is 0.812. The van der Waals surface area contributed by atoms with E-state index in [4.69, 9.17) is 11.6 Å². The molecular weight excluding hydrogens is 282 g/mol. The van der Waals surface area contributed by atoms with Gasteiger partial charge in [0.2, 0.25) is 5.91 Å². The predicted molar refractivity (Wildman–Crippen MR) is 84.5 cm³/mol. The van der Waals surface area contributed by atoms with Gasteiger partial charge in [-0.3, -0.25) is 4.79 Å². The van der Waals surface area contributed by atoms with E-state index in [9.17, 15) is 4.79 Å². The largest absolute Gasteiger partial charge is 0.336 e. The lowest BCUT2D eigenvalue weighted by Crippen LogP contribution is -2.46. The number of hydrogen-bond donors (Lipinski definition) is 0. The second-order valence-electron chi connectivity index (χ2n) is 6.97. The second-order valence-corrected chi connectivity index (χ2v) is 7.41. The van der Waals surface area contributed by atoms with Crippen molar-refractivity contribution in [3.8, 4) is 0 Å². The molecule has 0 unspecified atom stereocenters. The van der Waals surface area contributed by atoms with E-state index < -0.39 is 0 Å². The first-order valence-electron chi connectivity index (χ1n) is 8.29. The van der Waals surface area contributed by atoms with Crippen molar-refractivity contribution < 1.29 is 4.79 Å². The third kappa shape index (κ3) is 2.38. The molecule has 3 aliphatic rings. The highest BCUT2D eigenvalue weighted by Gasteiger charge is 2.55. The van der Waals surface area contributed by atoms with Gasteiger partial charge < -0.3 is 4.90 Å². The Labute approximate surface area is 131 Å². The lowest BCUT2D eigenvalue weighted by Gasteiger charge is -2.33. The number of benzene rings is 1. The Morgan fingerprint density at radius 3 is 2.10 bits per heavy atom. The van der Waals surface area contributed by atoms with E-state index in [1.165, 1.54) is 44.1 Å². The van der Waals surface area contributed by atoms with Crippen LogP contribution in [0.5, 0.6) is 0 Å². The van der Waals surface area contributed by atoms with Gasteiger partial charge in [-0.1, -0.05) is 36.6 Å². The summed E-state index contributed by atoms with van der Waals surface area (Å²) >= 11 is 5.99. The molecule has 0 saturated heterocycles. The summed E-state index contributed by atoms with van der Waals surface area (Å²) < 4.78 is 0. The Hall–Kier alpha value is -1.02. The highest BCUT2D eigenvalue weighted by molar-refractivity contribution is 6.30. The first-order valence-corrected chi connectivity index (χ1v) is 8.67. The van der Waals surface area contributed by atoms with Gasteiger partial charge in [0.05, 0.1) is 5.41 Å². The fourth-order valence-electron chi connectivity index (χ4n) is 3.93. The van der Waals surface area contributed by atoms with Gasteiger partial charge in [-0.15, -0.1) is 0 Å². The standard InChI is InChI=1S/C18H22ClNO/c19-14-7-5-13(6-8-14)18(11-12-18)17(21)20(16-9-10-16)15-3-1-2-4-15/h5-8,15-16H,1-4,9-12H2. The number of carbonyl (C=O) groups is 1. The topological polar surface area (TPSA) is 20.3 Å². The summed E-state index contributed by atoms with van der Waals surface area (Å²) in [5.74, 6) is 0.402. The van der Waals surface area contributed by atoms with Gasteiger partial charge >= 0.3 is 0 Å². The molecule has 0 N–H and O–H groups in total. The van der Waals surface area contributed by atoms with Crippen LogP contribution in [-0.2, 0) is 10.2 Å². The monoisotopic (exact) mass is 303 g/mol. The van der Waals surface area contributed by atoms with Gasteiger partial charge in [-0.25, -0.2) is 0 Å². The molecule has 0 heterocycles. The molecule has 0 bridgehead atoms. The molecule has 3 heteroatoms. The van der Waals surface area contributed by atoms with E-state index in [1.807, 2.05) is 24.3 Å². The maximum absolute atomic E-state index is 13.3. The van der Waals surface area contributed by atoms with E-state index in [1.54, 1.807) is 0 Å². The number of carbonyl (C=O) groups excluding carboxylic acids is 1. The van der Waals surface area contributed by atoms with Crippen LogP contribution >= 0.6 is 11.6 Å². The van der Waals surface area contributed by atoms with Crippen LogP contribution in [0.2, 0.25) is 5.02 Å². The minimum Gasteiger partial charge on any atom is -0.336 e. The van der Waals surface area contributed by atoms with Gasteiger partial charge in [0, 0.05) is 17.1 Å². The van der Waals surface area contributed by atoms with Gasteiger partial charge in [0.15, 0.2) is 0 Å². The van der Waals surface area contributed by atoms with Gasteiger partial charge in [-0.2, -0.15) is 0 Å². The number of halogens is 1. The average Bonchev–Trinajstić information content (AvgIpc) is 3.40. The van der Waals surface area contributed by atoms with Crippen LogP contribution in [0.3, 0.4) is 0 Å². The van der Waals surface area contributed by atoms with Crippen LogP contribution in [0.25, 0.3) is 0 Å². The van der Waals surface area contributed by atoms with Crippen molar-refractivity contribution in [1.29, 1.82) is 0 Å². The summed E-state index contributed by atoms with van der Waals surface area (Å²) in [6.07, 6.45) is 9.41. The average molecular weight is 304 g/mol. The van der Waals surface area contributed by atoms with Gasteiger partial charge in [0.1, 0.15) is 0 Å². The zero-order valence-corrected chi connectivity index (χ0v) is 13.1. The molecule has 3 saturated carbocycles. The van der Waals surface area contributed by atoms with Crippen molar-refractivity contribution in [1.82, 2.24) is 4.90 Å². The van der Waals surface area contributed by atoms with E-state index in [-0.39, 0.29) is 5.41 Å². The summed E-state index contributed by atoms with van der Waals surface area (Å²) in [7, 11) is 0. The number of rotatable bonds is 4. The van der Waals surface area contributed by atoms with Crippen molar-refractivity contribution >= 4 is 17.5 Å². The highest BCUT2D eigenvalue weighted by atomic mass is 35.5. The molecule has 4 rings (SSSR count). The van der Waals surface area contributed by atoms with Crippen molar-refractivity contribution in [2.75, 3.05) is 0 Å². The summed E-state index contributed by atoms with van der Waals surface area (Å²) in [6.45, 7) is 0. The normalized spacial score (nSPS) is 24.0. The molecule has 112 valence electrons. The maximum Gasteiger partial charge on any atom is 0.233 e. The van der Waals surface area contributed by atoms with Crippen molar-refractivity contribution in [3.05, 3.63) is 34.9 Å². The molecule has 0 radical (unpaired) electrons. The third-order valence-corrected chi connectivity index (χ3v) is 5.70. The van der Waals surface area contributed by atoms with Crippen molar-refractivity contribution in [3.63, 3.8) is 0 Å². The highest BCUT2D eigenvalue weighted by Crippen LogP contribution is 2.52. The van der Waals surface area contributed by atoms with Crippen LogP contribution in [0, 0.1) is 0 Å². The Morgan fingerprint density at radius 2 is 1.57 bits per heavy atom. The zero-order chi connectivity index (χ0) is 14.4. The predicted octanol–water partition coefficient (Wildman–Crippen LogP) is 4.31. The van der Waals surface area contributed by atoms with Crippen LogP contribution < -0.4 is 0 Å². The Balaban J connectivity index is 1.61. The molecule has 0 aromatic heterocycles. The van der Waals surface area contributed by atoms with E-state index in [0.717, 1.165) is 17.9 Å². The van der Waals surface area contributed by atoms with Gasteiger partial charge in [-0.05, 0) is 56.2 Å².